The first-order valence-electron chi connectivity index (χ1n) is 5.63. The molecule has 1 rings (SSSR count). The number of ether oxygens (including phenoxy) is 1. The van der Waals surface area contributed by atoms with Gasteiger partial charge in [0.05, 0.1) is 24.8 Å². The molecule has 102 valence electrons. The lowest BCUT2D eigenvalue weighted by Crippen LogP contribution is -2.28. The van der Waals surface area contributed by atoms with Crippen LogP contribution in [0.3, 0.4) is 0 Å². The Morgan fingerprint density at radius 2 is 1.84 bits per heavy atom. The van der Waals surface area contributed by atoms with Gasteiger partial charge in [-0.05, 0) is 12.1 Å². The monoisotopic (exact) mass is 265 g/mol. The fourth-order valence-corrected chi connectivity index (χ4v) is 1.56. The number of rotatable bonds is 5. The summed E-state index contributed by atoms with van der Waals surface area (Å²) >= 11 is 0. The Morgan fingerprint density at radius 3 is 2.42 bits per heavy atom. The van der Waals surface area contributed by atoms with Gasteiger partial charge >= 0.3 is 11.9 Å². The minimum atomic E-state index is -1.04. The molecule has 0 unspecified atom stereocenters. The number of aliphatic carboxylic acids is 1. The third kappa shape index (κ3) is 3.80. The number of nitrogens with zero attached hydrogens (tertiary/aromatic N) is 1. The predicted octanol–water partition coefficient (Wildman–Crippen LogP) is 1.30. The number of carboxylic acids is 1. The topological polar surface area (TPSA) is 83.9 Å². The molecule has 0 atom stereocenters. The standard InChI is InChI=1S/C13H15NO5/c1-14(11(15)7-8-12(16)17)10-6-4-3-5-9(10)13(18)19-2/h3-6H,7-8H2,1-2H3,(H,16,17). The van der Waals surface area contributed by atoms with Crippen molar-refractivity contribution in [3.63, 3.8) is 0 Å². The summed E-state index contributed by atoms with van der Waals surface area (Å²) in [6.45, 7) is 0. The second-order valence-corrected chi connectivity index (χ2v) is 3.86. The highest BCUT2D eigenvalue weighted by atomic mass is 16.5. The van der Waals surface area contributed by atoms with E-state index in [2.05, 4.69) is 4.74 Å². The Morgan fingerprint density at radius 1 is 1.21 bits per heavy atom. The average molecular weight is 265 g/mol. The Kier molecular flexibility index (Phi) is 5.05. The van der Waals surface area contributed by atoms with Crippen molar-refractivity contribution < 1.29 is 24.2 Å². The van der Waals surface area contributed by atoms with Crippen LogP contribution in [0.15, 0.2) is 24.3 Å². The van der Waals surface area contributed by atoms with Gasteiger partial charge in [0.1, 0.15) is 0 Å². The Balaban J connectivity index is 2.93. The molecule has 0 saturated heterocycles. The van der Waals surface area contributed by atoms with Gasteiger partial charge in [-0.3, -0.25) is 9.59 Å². The molecular formula is C13H15NO5. The second-order valence-electron chi connectivity index (χ2n) is 3.86. The van der Waals surface area contributed by atoms with Crippen LogP contribution < -0.4 is 4.90 Å². The molecule has 1 aromatic rings. The van der Waals surface area contributed by atoms with E-state index in [0.717, 1.165) is 0 Å². The molecule has 0 aliphatic rings. The Labute approximate surface area is 110 Å². The summed E-state index contributed by atoms with van der Waals surface area (Å²) in [4.78, 5) is 35.1. The van der Waals surface area contributed by atoms with Gasteiger partial charge < -0.3 is 14.7 Å². The minimum absolute atomic E-state index is 0.124. The number of esters is 1. The molecule has 0 radical (unpaired) electrons. The van der Waals surface area contributed by atoms with Crippen LogP contribution in [-0.4, -0.2) is 37.1 Å². The molecule has 0 aliphatic heterocycles. The van der Waals surface area contributed by atoms with Crippen molar-refractivity contribution in [3.8, 4) is 0 Å². The van der Waals surface area contributed by atoms with Gasteiger partial charge in [-0.25, -0.2) is 4.79 Å². The fraction of sp³-hybridized carbons (Fsp3) is 0.308. The smallest absolute Gasteiger partial charge is 0.339 e. The molecular weight excluding hydrogens is 250 g/mol. The first-order chi connectivity index (χ1) is 8.97. The van der Waals surface area contributed by atoms with Crippen molar-refractivity contribution in [2.45, 2.75) is 12.8 Å². The molecule has 1 amide bonds. The fourth-order valence-electron chi connectivity index (χ4n) is 1.56. The zero-order valence-corrected chi connectivity index (χ0v) is 10.8. The van der Waals surface area contributed by atoms with Crippen LogP contribution in [-0.2, 0) is 14.3 Å². The van der Waals surface area contributed by atoms with E-state index >= 15 is 0 Å². The van der Waals surface area contributed by atoms with Crippen molar-refractivity contribution in [2.24, 2.45) is 0 Å². The number of carboxylic acid groups (broad SMARTS) is 1. The van der Waals surface area contributed by atoms with E-state index in [1.807, 2.05) is 0 Å². The molecule has 0 bridgehead atoms. The van der Waals surface area contributed by atoms with Crippen LogP contribution in [0.1, 0.15) is 23.2 Å². The van der Waals surface area contributed by atoms with Gasteiger partial charge in [0.2, 0.25) is 5.91 Å². The summed E-state index contributed by atoms with van der Waals surface area (Å²) in [5.41, 5.74) is 0.654. The normalized spacial score (nSPS) is 9.79. The molecule has 1 N–H and O–H groups in total. The number of hydrogen-bond donors (Lipinski definition) is 1. The number of carbonyl (C=O) groups excluding carboxylic acids is 2. The lowest BCUT2D eigenvalue weighted by Gasteiger charge is -2.19. The quantitative estimate of drug-likeness (QED) is 0.811. The highest BCUT2D eigenvalue weighted by Gasteiger charge is 2.19. The zero-order chi connectivity index (χ0) is 14.4. The van der Waals surface area contributed by atoms with Crippen molar-refractivity contribution in [1.82, 2.24) is 0 Å². The van der Waals surface area contributed by atoms with Crippen molar-refractivity contribution in [2.75, 3.05) is 19.1 Å². The average Bonchev–Trinajstić information content (AvgIpc) is 2.42. The van der Waals surface area contributed by atoms with Gasteiger partial charge in [-0.15, -0.1) is 0 Å². The molecule has 1 aromatic carbocycles. The molecule has 0 fully saturated rings. The summed E-state index contributed by atoms with van der Waals surface area (Å²) < 4.78 is 4.63. The molecule has 19 heavy (non-hydrogen) atoms. The molecule has 0 saturated carbocycles. The van der Waals surface area contributed by atoms with Crippen LogP contribution >= 0.6 is 0 Å². The molecule has 0 spiro atoms. The Bertz CT molecular complexity index is 498. The van der Waals surface area contributed by atoms with Gasteiger partial charge in [0.25, 0.3) is 0 Å². The first-order valence-corrected chi connectivity index (χ1v) is 5.63. The van der Waals surface area contributed by atoms with Crippen LogP contribution in [0.5, 0.6) is 0 Å². The van der Waals surface area contributed by atoms with Crippen LogP contribution in [0.4, 0.5) is 5.69 Å². The zero-order valence-electron chi connectivity index (χ0n) is 10.8. The number of carbonyl (C=O) groups is 3. The van der Waals surface area contributed by atoms with E-state index in [9.17, 15) is 14.4 Å². The predicted molar refractivity (Wildman–Crippen MR) is 68.1 cm³/mol. The van der Waals surface area contributed by atoms with Crippen molar-refractivity contribution in [3.05, 3.63) is 29.8 Å². The second kappa shape index (κ2) is 6.53. The molecule has 0 aromatic heterocycles. The maximum atomic E-state index is 11.8. The maximum absolute atomic E-state index is 11.8. The lowest BCUT2D eigenvalue weighted by atomic mass is 10.1. The highest BCUT2D eigenvalue weighted by Crippen LogP contribution is 2.20. The van der Waals surface area contributed by atoms with Gasteiger partial charge in [0, 0.05) is 13.5 Å². The largest absolute Gasteiger partial charge is 0.481 e. The van der Waals surface area contributed by atoms with E-state index in [-0.39, 0.29) is 24.3 Å². The third-order valence-electron chi connectivity index (χ3n) is 2.60. The van der Waals surface area contributed by atoms with E-state index in [1.54, 1.807) is 24.3 Å². The van der Waals surface area contributed by atoms with E-state index in [0.29, 0.717) is 5.69 Å². The lowest BCUT2D eigenvalue weighted by molar-refractivity contribution is -0.138. The van der Waals surface area contributed by atoms with Crippen molar-refractivity contribution in [1.29, 1.82) is 0 Å². The van der Waals surface area contributed by atoms with Crippen LogP contribution in [0, 0.1) is 0 Å². The van der Waals surface area contributed by atoms with Gasteiger partial charge in [-0.1, -0.05) is 12.1 Å². The van der Waals surface area contributed by atoms with Crippen LogP contribution in [0.2, 0.25) is 0 Å². The number of methoxy groups -OCH3 is 1. The summed E-state index contributed by atoms with van der Waals surface area (Å²) in [5.74, 6) is -1.96. The van der Waals surface area contributed by atoms with E-state index < -0.39 is 11.9 Å². The number of hydrogen-bond acceptors (Lipinski definition) is 4. The number of anilines is 1. The SMILES string of the molecule is COC(=O)c1ccccc1N(C)C(=O)CCC(=O)O. The molecule has 6 heteroatoms. The highest BCUT2D eigenvalue weighted by molar-refractivity contribution is 6.02. The van der Waals surface area contributed by atoms with E-state index in [1.165, 1.54) is 19.1 Å². The van der Waals surface area contributed by atoms with Gasteiger partial charge in [0.15, 0.2) is 0 Å². The van der Waals surface area contributed by atoms with Crippen molar-refractivity contribution >= 4 is 23.5 Å². The van der Waals surface area contributed by atoms with Gasteiger partial charge in [-0.2, -0.15) is 0 Å². The number of para-hydroxylation sites is 1. The molecule has 6 nitrogen and oxygen atoms in total. The molecule has 0 aliphatic carbocycles. The number of benzene rings is 1. The molecule has 0 heterocycles. The first kappa shape index (κ1) is 14.7. The summed E-state index contributed by atoms with van der Waals surface area (Å²) in [7, 11) is 2.75. The van der Waals surface area contributed by atoms with Crippen LogP contribution in [0.25, 0.3) is 0 Å². The summed E-state index contributed by atoms with van der Waals surface area (Å²) in [6, 6.07) is 6.49. The van der Waals surface area contributed by atoms with E-state index in [4.69, 9.17) is 5.11 Å². The Hall–Kier alpha value is -2.37. The maximum Gasteiger partial charge on any atom is 0.339 e. The summed E-state index contributed by atoms with van der Waals surface area (Å²) in [6.07, 6.45) is -0.370. The number of amides is 1. The summed E-state index contributed by atoms with van der Waals surface area (Å²) in [5, 5.41) is 8.55. The third-order valence-corrected chi connectivity index (χ3v) is 2.60. The minimum Gasteiger partial charge on any atom is -0.481 e.